The molecule has 0 fully saturated rings. The first-order valence-corrected chi connectivity index (χ1v) is 9.65. The van der Waals surface area contributed by atoms with Crippen LogP contribution in [0.3, 0.4) is 0 Å². The number of hydrogen-bond donors (Lipinski definition) is 2. The third-order valence-electron chi connectivity index (χ3n) is 3.42. The second-order valence-corrected chi connectivity index (χ2v) is 7.95. The Morgan fingerprint density at radius 3 is 2.65 bits per heavy atom. The number of benzene rings is 2. The molecule has 0 bridgehead atoms. The summed E-state index contributed by atoms with van der Waals surface area (Å²) in [4.78, 5) is 12.6. The first-order valence-electron chi connectivity index (χ1n) is 8.07. The lowest BCUT2D eigenvalue weighted by Gasteiger charge is -2.15. The summed E-state index contributed by atoms with van der Waals surface area (Å²) in [5.74, 6) is 0.518. The van der Waals surface area contributed by atoms with Crippen LogP contribution >= 0.6 is 39.7 Å². The summed E-state index contributed by atoms with van der Waals surface area (Å²) in [5.41, 5.74) is 2.08. The van der Waals surface area contributed by atoms with Gasteiger partial charge in [-0.2, -0.15) is 0 Å². The van der Waals surface area contributed by atoms with Crippen molar-refractivity contribution in [1.82, 2.24) is 5.32 Å². The Bertz CT molecular complexity index is 827. The Morgan fingerprint density at radius 2 is 2.00 bits per heavy atom. The lowest BCUT2D eigenvalue weighted by molar-refractivity contribution is 0.0973. The van der Waals surface area contributed by atoms with Crippen molar-refractivity contribution in [2.24, 2.45) is 5.92 Å². The molecule has 0 heterocycles. The highest BCUT2D eigenvalue weighted by atomic mass is 79.9. The maximum atomic E-state index is 12.6. The van der Waals surface area contributed by atoms with Crippen molar-refractivity contribution < 1.29 is 9.53 Å². The summed E-state index contributed by atoms with van der Waals surface area (Å²) in [6, 6.07) is 10.8. The highest BCUT2D eigenvalue weighted by molar-refractivity contribution is 9.10. The predicted octanol–water partition coefficient (Wildman–Crippen LogP) is 5.57. The van der Waals surface area contributed by atoms with Gasteiger partial charge in [0.2, 0.25) is 0 Å². The molecule has 0 aliphatic rings. The topological polar surface area (TPSA) is 50.4 Å². The number of carbonyl (C=O) groups is 1. The maximum absolute atomic E-state index is 12.6. The average Bonchev–Trinajstić information content (AvgIpc) is 2.56. The number of amides is 1. The van der Waals surface area contributed by atoms with E-state index in [1.54, 1.807) is 18.2 Å². The summed E-state index contributed by atoms with van der Waals surface area (Å²) >= 11 is 14.7. The minimum atomic E-state index is -0.347. The van der Waals surface area contributed by atoms with E-state index in [4.69, 9.17) is 28.6 Å². The molecular weight excluding hydrogens is 436 g/mol. The molecule has 0 unspecified atom stereocenters. The molecule has 0 aliphatic heterocycles. The first-order chi connectivity index (χ1) is 12.3. The van der Waals surface area contributed by atoms with Crippen molar-refractivity contribution in [1.29, 1.82) is 0 Å². The van der Waals surface area contributed by atoms with Crippen LogP contribution in [0.2, 0.25) is 5.02 Å². The normalized spacial score (nSPS) is 10.5. The summed E-state index contributed by atoms with van der Waals surface area (Å²) in [6.45, 7) is 6.53. The molecule has 0 radical (unpaired) electrons. The Balaban J connectivity index is 2.09. The summed E-state index contributed by atoms with van der Waals surface area (Å²) in [5, 5.41) is 6.44. The molecule has 2 aromatic carbocycles. The molecule has 2 aromatic rings. The van der Waals surface area contributed by atoms with Crippen LogP contribution in [0.25, 0.3) is 0 Å². The van der Waals surface area contributed by atoms with Crippen molar-refractivity contribution in [3.05, 3.63) is 57.0 Å². The molecule has 1 amide bonds. The van der Waals surface area contributed by atoms with Crippen LogP contribution in [-0.2, 0) is 0 Å². The molecule has 0 aliphatic carbocycles. The largest absolute Gasteiger partial charge is 0.492 e. The predicted molar refractivity (Wildman–Crippen MR) is 114 cm³/mol. The number of rotatable bonds is 5. The molecule has 0 saturated heterocycles. The van der Waals surface area contributed by atoms with Crippen LogP contribution < -0.4 is 15.4 Å². The second-order valence-electron chi connectivity index (χ2n) is 6.22. The van der Waals surface area contributed by atoms with Gasteiger partial charge in [0.15, 0.2) is 5.11 Å². The number of halogens is 2. The van der Waals surface area contributed by atoms with Gasteiger partial charge in [-0.3, -0.25) is 10.1 Å². The molecule has 0 saturated carbocycles. The fourth-order valence-electron chi connectivity index (χ4n) is 2.07. The van der Waals surface area contributed by atoms with Crippen LogP contribution in [-0.4, -0.2) is 17.6 Å². The zero-order valence-corrected chi connectivity index (χ0v) is 17.9. The fraction of sp³-hybridized carbons (Fsp3) is 0.263. The summed E-state index contributed by atoms with van der Waals surface area (Å²) in [6.07, 6.45) is 0. The van der Waals surface area contributed by atoms with Gasteiger partial charge in [0.25, 0.3) is 5.91 Å². The van der Waals surface area contributed by atoms with E-state index in [2.05, 4.69) is 26.6 Å². The van der Waals surface area contributed by atoms with E-state index in [-0.39, 0.29) is 11.0 Å². The highest BCUT2D eigenvalue weighted by Crippen LogP contribution is 2.24. The standard InChI is InChI=1S/C19H20BrClN2O2S/c1-11(2)10-25-17-7-5-13(20)8-15(17)18(24)23-19(26)22-14-6-4-12(3)16(21)9-14/h4-9,11H,10H2,1-3H3,(H2,22,23,24,26). The van der Waals surface area contributed by atoms with Gasteiger partial charge in [0, 0.05) is 15.2 Å². The number of thiocarbonyl (C=S) groups is 1. The average molecular weight is 456 g/mol. The zero-order chi connectivity index (χ0) is 19.3. The van der Waals surface area contributed by atoms with Crippen LogP contribution in [0.4, 0.5) is 5.69 Å². The molecule has 138 valence electrons. The second kappa shape index (κ2) is 9.35. The van der Waals surface area contributed by atoms with Gasteiger partial charge in [-0.15, -0.1) is 0 Å². The van der Waals surface area contributed by atoms with Crippen LogP contribution in [0, 0.1) is 12.8 Å². The Morgan fingerprint density at radius 1 is 1.27 bits per heavy atom. The third-order valence-corrected chi connectivity index (χ3v) is 4.52. The van der Waals surface area contributed by atoms with E-state index in [9.17, 15) is 4.79 Å². The third kappa shape index (κ3) is 5.97. The molecule has 0 atom stereocenters. The summed E-state index contributed by atoms with van der Waals surface area (Å²) < 4.78 is 6.52. The van der Waals surface area contributed by atoms with Crippen molar-refractivity contribution in [2.75, 3.05) is 11.9 Å². The van der Waals surface area contributed by atoms with Gasteiger partial charge < -0.3 is 10.1 Å². The number of anilines is 1. The van der Waals surface area contributed by atoms with Crippen molar-refractivity contribution in [3.63, 3.8) is 0 Å². The number of nitrogens with one attached hydrogen (secondary N) is 2. The molecule has 2 rings (SSSR count). The lowest BCUT2D eigenvalue weighted by Crippen LogP contribution is -2.34. The van der Waals surface area contributed by atoms with Gasteiger partial charge in [0.1, 0.15) is 5.75 Å². The quantitative estimate of drug-likeness (QED) is 0.579. The minimum Gasteiger partial charge on any atom is -0.492 e. The molecular formula is C19H20BrClN2O2S. The van der Waals surface area contributed by atoms with Gasteiger partial charge >= 0.3 is 0 Å². The van der Waals surface area contributed by atoms with Gasteiger partial charge in [-0.05, 0) is 61.0 Å². The number of hydrogen-bond acceptors (Lipinski definition) is 3. The van der Waals surface area contributed by atoms with Gasteiger partial charge in [-0.25, -0.2) is 0 Å². The van der Waals surface area contributed by atoms with E-state index in [1.165, 1.54) is 0 Å². The molecule has 7 heteroatoms. The molecule has 4 nitrogen and oxygen atoms in total. The Labute approximate surface area is 172 Å². The van der Waals surface area contributed by atoms with E-state index in [0.717, 1.165) is 10.0 Å². The smallest absolute Gasteiger partial charge is 0.261 e. The van der Waals surface area contributed by atoms with E-state index < -0.39 is 0 Å². The first kappa shape index (κ1) is 20.7. The lowest BCUT2D eigenvalue weighted by atomic mass is 10.2. The van der Waals surface area contributed by atoms with Crippen LogP contribution in [0.1, 0.15) is 29.8 Å². The van der Waals surface area contributed by atoms with Gasteiger partial charge in [0.05, 0.1) is 12.2 Å². The van der Waals surface area contributed by atoms with Crippen molar-refractivity contribution >= 4 is 56.5 Å². The minimum absolute atomic E-state index is 0.185. The number of carbonyl (C=O) groups excluding carboxylic acids is 1. The van der Waals surface area contributed by atoms with E-state index >= 15 is 0 Å². The SMILES string of the molecule is Cc1ccc(NC(=S)NC(=O)c2cc(Br)ccc2OCC(C)C)cc1Cl. The monoisotopic (exact) mass is 454 g/mol. The fourth-order valence-corrected chi connectivity index (χ4v) is 2.82. The van der Waals surface area contributed by atoms with Crippen LogP contribution in [0.5, 0.6) is 5.75 Å². The van der Waals surface area contributed by atoms with Gasteiger partial charge in [-0.1, -0.05) is 47.4 Å². The Kier molecular flexibility index (Phi) is 7.43. The Hall–Kier alpha value is -1.63. The summed E-state index contributed by atoms with van der Waals surface area (Å²) in [7, 11) is 0. The number of aryl methyl sites for hydroxylation is 1. The van der Waals surface area contributed by atoms with Crippen molar-refractivity contribution in [3.8, 4) is 5.75 Å². The molecule has 0 aromatic heterocycles. The maximum Gasteiger partial charge on any atom is 0.261 e. The number of ether oxygens (including phenoxy) is 1. The van der Waals surface area contributed by atoms with E-state index in [1.807, 2.05) is 39.0 Å². The van der Waals surface area contributed by atoms with E-state index in [0.29, 0.717) is 34.5 Å². The molecule has 0 spiro atoms. The zero-order valence-electron chi connectivity index (χ0n) is 14.7. The highest BCUT2D eigenvalue weighted by Gasteiger charge is 2.15. The van der Waals surface area contributed by atoms with Crippen molar-refractivity contribution in [2.45, 2.75) is 20.8 Å². The molecule has 26 heavy (non-hydrogen) atoms. The molecule has 2 N–H and O–H groups in total. The van der Waals surface area contributed by atoms with Crippen LogP contribution in [0.15, 0.2) is 40.9 Å².